The van der Waals surface area contributed by atoms with Gasteiger partial charge in [-0.2, -0.15) is 10.1 Å². The van der Waals surface area contributed by atoms with Gasteiger partial charge in [0.25, 0.3) is 0 Å². The van der Waals surface area contributed by atoms with Gasteiger partial charge in [0, 0.05) is 32.3 Å². The van der Waals surface area contributed by atoms with Crippen LogP contribution in [0.4, 0.5) is 18.4 Å². The van der Waals surface area contributed by atoms with Crippen LogP contribution in [0.3, 0.4) is 0 Å². The summed E-state index contributed by atoms with van der Waals surface area (Å²) in [5.74, 6) is -1.28. The number of aliphatic hydroxyl groups is 1. The quantitative estimate of drug-likeness (QED) is 0.417. The van der Waals surface area contributed by atoms with E-state index in [-0.39, 0.29) is 30.3 Å². The fourth-order valence-electron chi connectivity index (χ4n) is 3.94. The van der Waals surface area contributed by atoms with Crippen LogP contribution in [0.5, 0.6) is 0 Å². The molecule has 0 bridgehead atoms. The van der Waals surface area contributed by atoms with Crippen molar-refractivity contribution in [3.8, 4) is 0 Å². The van der Waals surface area contributed by atoms with Crippen LogP contribution in [0.2, 0.25) is 0 Å². The first-order valence-electron chi connectivity index (χ1n) is 12.4. The minimum atomic E-state index is -1.10. The molecule has 0 aromatic heterocycles. The molecule has 0 radical (unpaired) electrons. The highest BCUT2D eigenvalue weighted by Crippen LogP contribution is 2.51. The van der Waals surface area contributed by atoms with Crippen LogP contribution in [0.25, 0.3) is 0 Å². The van der Waals surface area contributed by atoms with E-state index in [1.807, 2.05) is 30.3 Å². The van der Waals surface area contributed by atoms with Crippen LogP contribution in [0.1, 0.15) is 51.2 Å². The van der Waals surface area contributed by atoms with Crippen LogP contribution < -0.4 is 5.32 Å². The van der Waals surface area contributed by atoms with Gasteiger partial charge in [-0.3, -0.25) is 0 Å². The number of thioether (sulfide) groups is 1. The molecule has 2 N–H and O–H groups in total. The van der Waals surface area contributed by atoms with Crippen molar-refractivity contribution in [3.63, 3.8) is 0 Å². The first-order valence-corrected chi connectivity index (χ1v) is 13.2. The Labute approximate surface area is 226 Å². The number of carbonyl (C=O) groups excluding carboxylic acids is 2. The molecule has 2 aromatic carbocycles. The van der Waals surface area contributed by atoms with E-state index in [9.17, 15) is 23.5 Å². The summed E-state index contributed by atoms with van der Waals surface area (Å²) in [5.41, 5.74) is 0.0498. The van der Waals surface area contributed by atoms with Crippen LogP contribution in [-0.2, 0) is 9.61 Å². The number of rotatable bonds is 9. The Hall–Kier alpha value is -3.18. The molecule has 1 heterocycles. The van der Waals surface area contributed by atoms with E-state index >= 15 is 0 Å². The summed E-state index contributed by atoms with van der Waals surface area (Å²) < 4.78 is 34.2. The molecule has 38 heavy (non-hydrogen) atoms. The standard InChI is InChI=1S/C27H34F2N4O4S/c1-26(2,3)37-24(35)30-15-8-14-27(19-10-6-5-7-11-19)33(25(36)32(4)16-9-17-34)31-23(38-27)21-18-20(28)12-13-22(21)29/h5-7,10-13,18,34H,8-9,14-17H2,1-4H3,(H,30,35)/t27-/m0/s1. The number of alkyl carbamates (subject to hydrolysis) is 1. The van der Waals surface area contributed by atoms with Crippen molar-refractivity contribution in [3.05, 3.63) is 71.3 Å². The number of nitrogens with one attached hydrogen (secondary N) is 1. The highest BCUT2D eigenvalue weighted by Gasteiger charge is 2.49. The molecule has 8 nitrogen and oxygen atoms in total. The summed E-state index contributed by atoms with van der Waals surface area (Å²) in [4.78, 5) is 26.1. The fourth-order valence-corrected chi connectivity index (χ4v) is 5.36. The summed E-state index contributed by atoms with van der Waals surface area (Å²) in [6, 6.07) is 11.9. The molecule has 2 aromatic rings. The zero-order chi connectivity index (χ0) is 27.9. The van der Waals surface area contributed by atoms with Crippen molar-refractivity contribution >= 4 is 28.9 Å². The predicted octanol–water partition coefficient (Wildman–Crippen LogP) is 5.27. The molecule has 0 saturated heterocycles. The van der Waals surface area contributed by atoms with Crippen LogP contribution in [-0.4, -0.2) is 64.5 Å². The number of hydrazone groups is 1. The van der Waals surface area contributed by atoms with Crippen LogP contribution in [0, 0.1) is 11.6 Å². The Morgan fingerprint density at radius 3 is 2.53 bits per heavy atom. The molecule has 3 amide bonds. The van der Waals surface area contributed by atoms with E-state index in [1.165, 1.54) is 9.91 Å². The number of ether oxygens (including phenoxy) is 1. The van der Waals surface area contributed by atoms with Crippen molar-refractivity contribution in [2.75, 3.05) is 26.7 Å². The molecule has 1 aliphatic heterocycles. The van der Waals surface area contributed by atoms with E-state index in [1.54, 1.807) is 27.8 Å². The predicted molar refractivity (Wildman–Crippen MR) is 144 cm³/mol. The third kappa shape index (κ3) is 7.22. The van der Waals surface area contributed by atoms with Gasteiger partial charge < -0.3 is 20.1 Å². The monoisotopic (exact) mass is 548 g/mol. The Balaban J connectivity index is 1.97. The molecular weight excluding hydrogens is 514 g/mol. The third-order valence-corrected chi connectivity index (χ3v) is 7.15. The lowest BCUT2D eigenvalue weighted by molar-refractivity contribution is 0.0524. The van der Waals surface area contributed by atoms with Gasteiger partial charge >= 0.3 is 12.1 Å². The van der Waals surface area contributed by atoms with E-state index in [0.717, 1.165) is 35.5 Å². The number of benzene rings is 2. The summed E-state index contributed by atoms with van der Waals surface area (Å²) in [5, 5.41) is 18.0. The zero-order valence-corrected chi connectivity index (χ0v) is 22.9. The van der Waals surface area contributed by atoms with Gasteiger partial charge in [0.05, 0.1) is 0 Å². The highest BCUT2D eigenvalue weighted by molar-refractivity contribution is 8.15. The summed E-state index contributed by atoms with van der Waals surface area (Å²) in [7, 11) is 1.60. The first-order chi connectivity index (χ1) is 18.0. The van der Waals surface area contributed by atoms with Crippen LogP contribution >= 0.6 is 11.8 Å². The second kappa shape index (κ2) is 12.6. The molecule has 0 unspecified atom stereocenters. The number of hydrogen-bond donors (Lipinski definition) is 2. The summed E-state index contributed by atoms with van der Waals surface area (Å²) in [6.07, 6.45) is 0.581. The average Bonchev–Trinajstić information content (AvgIpc) is 3.26. The fraction of sp³-hybridized carbons (Fsp3) is 0.444. The molecule has 206 valence electrons. The number of hydrogen-bond acceptors (Lipinski definition) is 6. The molecule has 1 aliphatic rings. The van der Waals surface area contributed by atoms with Crippen LogP contribution in [0.15, 0.2) is 53.6 Å². The molecular formula is C27H34F2N4O4S. The summed E-state index contributed by atoms with van der Waals surface area (Å²) >= 11 is 1.16. The maximum absolute atomic E-state index is 14.8. The maximum atomic E-state index is 14.8. The Morgan fingerprint density at radius 2 is 1.87 bits per heavy atom. The van der Waals surface area contributed by atoms with E-state index in [2.05, 4.69) is 10.4 Å². The largest absolute Gasteiger partial charge is 0.444 e. The SMILES string of the molecule is CN(CCCO)C(=O)N1N=C(c2cc(F)ccc2F)S[C@@]1(CCCNC(=O)OC(C)(C)C)c1ccccc1. The van der Waals surface area contributed by atoms with Gasteiger partial charge in [-0.1, -0.05) is 42.1 Å². The van der Waals surface area contributed by atoms with Gasteiger partial charge in [0.2, 0.25) is 0 Å². The van der Waals surface area contributed by atoms with Gasteiger partial charge in [-0.15, -0.1) is 0 Å². The molecule has 0 saturated carbocycles. The molecule has 0 spiro atoms. The second-order valence-corrected chi connectivity index (χ2v) is 11.2. The van der Waals surface area contributed by atoms with E-state index in [4.69, 9.17) is 4.74 Å². The summed E-state index contributed by atoms with van der Waals surface area (Å²) in [6.45, 7) is 5.76. The Kier molecular flexibility index (Phi) is 9.72. The lowest BCUT2D eigenvalue weighted by Gasteiger charge is -2.37. The molecule has 0 fully saturated rings. The van der Waals surface area contributed by atoms with Crippen molar-refractivity contribution in [2.24, 2.45) is 5.10 Å². The molecule has 1 atom stereocenters. The number of halogens is 2. The smallest absolute Gasteiger partial charge is 0.407 e. The minimum absolute atomic E-state index is 0.0458. The lowest BCUT2D eigenvalue weighted by atomic mass is 10.0. The van der Waals surface area contributed by atoms with Crippen molar-refractivity contribution in [1.82, 2.24) is 15.2 Å². The third-order valence-electron chi connectivity index (χ3n) is 5.70. The number of carbonyl (C=O) groups is 2. The number of amides is 3. The van der Waals surface area contributed by atoms with Crippen molar-refractivity contribution in [2.45, 2.75) is 50.5 Å². The van der Waals surface area contributed by atoms with Gasteiger partial charge in [0.1, 0.15) is 27.2 Å². The minimum Gasteiger partial charge on any atom is -0.444 e. The highest BCUT2D eigenvalue weighted by atomic mass is 32.2. The topological polar surface area (TPSA) is 94.5 Å². The zero-order valence-electron chi connectivity index (χ0n) is 22.0. The van der Waals surface area contributed by atoms with Crippen molar-refractivity contribution in [1.29, 1.82) is 0 Å². The lowest BCUT2D eigenvalue weighted by Crippen LogP contribution is -2.47. The second-order valence-electron chi connectivity index (χ2n) is 9.91. The molecule has 3 rings (SSSR count). The molecule has 0 aliphatic carbocycles. The van der Waals surface area contributed by atoms with Crippen molar-refractivity contribution < 1.29 is 28.2 Å². The average molecular weight is 549 g/mol. The maximum Gasteiger partial charge on any atom is 0.407 e. The Bertz CT molecular complexity index is 1160. The number of nitrogens with zero attached hydrogens (tertiary/aromatic N) is 3. The van der Waals surface area contributed by atoms with E-state index < -0.39 is 34.2 Å². The van der Waals surface area contributed by atoms with E-state index in [0.29, 0.717) is 19.3 Å². The number of aliphatic hydroxyl groups excluding tert-OH is 1. The van der Waals surface area contributed by atoms with Gasteiger partial charge in [-0.05, 0) is 63.8 Å². The molecule has 11 heteroatoms. The van der Waals surface area contributed by atoms with Gasteiger partial charge in [0.15, 0.2) is 0 Å². The number of urea groups is 1. The normalized spacial score (nSPS) is 17.2. The first kappa shape index (κ1) is 29.4. The van der Waals surface area contributed by atoms with Gasteiger partial charge in [-0.25, -0.2) is 18.4 Å². The Morgan fingerprint density at radius 1 is 1.16 bits per heavy atom.